The van der Waals surface area contributed by atoms with E-state index in [1.54, 1.807) is 36.5 Å². The van der Waals surface area contributed by atoms with Crippen molar-refractivity contribution in [2.75, 3.05) is 10.6 Å². The van der Waals surface area contributed by atoms with Crippen LogP contribution in [0.15, 0.2) is 72.9 Å². The lowest BCUT2D eigenvalue weighted by atomic mass is 10.1. The van der Waals surface area contributed by atoms with Crippen molar-refractivity contribution in [3.8, 4) is 0 Å². The molecule has 6 heteroatoms. The van der Waals surface area contributed by atoms with E-state index in [9.17, 15) is 9.59 Å². The maximum atomic E-state index is 12.7. The first-order valence-corrected chi connectivity index (χ1v) is 9.25. The number of fused-ring (bicyclic) bond motifs is 1. The molecule has 0 saturated heterocycles. The number of amides is 2. The van der Waals surface area contributed by atoms with E-state index < -0.39 is 0 Å². The molecular formula is C23H20N4O2. The molecule has 4 aromatic rings. The van der Waals surface area contributed by atoms with Crippen LogP contribution in [-0.2, 0) is 0 Å². The summed E-state index contributed by atoms with van der Waals surface area (Å²) >= 11 is 0. The second-order valence-electron chi connectivity index (χ2n) is 6.77. The van der Waals surface area contributed by atoms with Gasteiger partial charge in [-0.2, -0.15) is 0 Å². The van der Waals surface area contributed by atoms with E-state index in [2.05, 4.69) is 15.6 Å². The van der Waals surface area contributed by atoms with Gasteiger partial charge in [-0.15, -0.1) is 0 Å². The number of hydrogen-bond acceptors (Lipinski definition) is 3. The SMILES string of the molecule is Cc1c(NC(=O)c2ccccc2)cccc1NC(=O)c1cn2c(C)cccc2n1. The van der Waals surface area contributed by atoms with E-state index in [0.717, 1.165) is 16.9 Å². The minimum atomic E-state index is -0.303. The van der Waals surface area contributed by atoms with Crippen molar-refractivity contribution in [2.45, 2.75) is 13.8 Å². The van der Waals surface area contributed by atoms with Crippen LogP contribution in [0.2, 0.25) is 0 Å². The molecule has 29 heavy (non-hydrogen) atoms. The number of rotatable bonds is 4. The lowest BCUT2D eigenvalue weighted by Gasteiger charge is -2.13. The number of pyridine rings is 1. The smallest absolute Gasteiger partial charge is 0.275 e. The lowest BCUT2D eigenvalue weighted by molar-refractivity contribution is 0.101. The van der Waals surface area contributed by atoms with E-state index in [1.165, 1.54) is 0 Å². The van der Waals surface area contributed by atoms with Crippen LogP contribution in [0.3, 0.4) is 0 Å². The molecule has 6 nitrogen and oxygen atoms in total. The van der Waals surface area contributed by atoms with Gasteiger partial charge in [-0.25, -0.2) is 4.98 Å². The molecule has 0 spiro atoms. The summed E-state index contributed by atoms with van der Waals surface area (Å²) in [5.41, 5.74) is 4.65. The Balaban J connectivity index is 1.56. The summed E-state index contributed by atoms with van der Waals surface area (Å²) in [6, 6.07) is 20.1. The predicted octanol–water partition coefficient (Wildman–Crippen LogP) is 4.46. The summed E-state index contributed by atoms with van der Waals surface area (Å²) in [6.45, 7) is 3.81. The summed E-state index contributed by atoms with van der Waals surface area (Å²) in [5.74, 6) is -0.504. The minimum Gasteiger partial charge on any atom is -0.322 e. The average Bonchev–Trinajstić information content (AvgIpc) is 3.17. The summed E-state index contributed by atoms with van der Waals surface area (Å²) in [6.07, 6.45) is 1.72. The third-order valence-electron chi connectivity index (χ3n) is 4.79. The van der Waals surface area contributed by atoms with Crippen LogP contribution in [0.1, 0.15) is 32.1 Å². The number of carbonyl (C=O) groups excluding carboxylic acids is 2. The van der Waals surface area contributed by atoms with Crippen molar-refractivity contribution in [3.63, 3.8) is 0 Å². The second kappa shape index (κ2) is 7.59. The van der Waals surface area contributed by atoms with Gasteiger partial charge in [0.25, 0.3) is 11.8 Å². The number of carbonyl (C=O) groups is 2. The van der Waals surface area contributed by atoms with E-state index in [-0.39, 0.29) is 11.8 Å². The molecular weight excluding hydrogens is 364 g/mol. The molecule has 2 aromatic heterocycles. The normalized spacial score (nSPS) is 10.7. The number of hydrogen-bond donors (Lipinski definition) is 2. The van der Waals surface area contributed by atoms with Gasteiger partial charge in [0.15, 0.2) is 0 Å². The molecule has 144 valence electrons. The monoisotopic (exact) mass is 384 g/mol. The quantitative estimate of drug-likeness (QED) is 0.546. The summed E-state index contributed by atoms with van der Waals surface area (Å²) in [5, 5.41) is 5.79. The van der Waals surface area contributed by atoms with Gasteiger partial charge in [-0.05, 0) is 55.8 Å². The number of nitrogens with one attached hydrogen (secondary N) is 2. The molecule has 2 amide bonds. The molecule has 0 radical (unpaired) electrons. The Morgan fingerprint density at radius 3 is 2.14 bits per heavy atom. The average molecular weight is 384 g/mol. The lowest BCUT2D eigenvalue weighted by Crippen LogP contribution is -2.16. The Bertz CT molecular complexity index is 1210. The molecule has 0 fully saturated rings. The van der Waals surface area contributed by atoms with Crippen LogP contribution in [-0.4, -0.2) is 21.2 Å². The van der Waals surface area contributed by atoms with Crippen molar-refractivity contribution in [3.05, 3.63) is 95.4 Å². The minimum absolute atomic E-state index is 0.201. The predicted molar refractivity (Wildman–Crippen MR) is 113 cm³/mol. The van der Waals surface area contributed by atoms with Crippen molar-refractivity contribution in [1.29, 1.82) is 0 Å². The molecule has 0 aliphatic carbocycles. The van der Waals surface area contributed by atoms with Crippen molar-refractivity contribution in [2.24, 2.45) is 0 Å². The van der Waals surface area contributed by atoms with Gasteiger partial charge in [0, 0.05) is 28.8 Å². The van der Waals surface area contributed by atoms with E-state index in [4.69, 9.17) is 0 Å². The Kier molecular flexibility index (Phi) is 4.83. The van der Waals surface area contributed by atoms with Crippen LogP contribution >= 0.6 is 0 Å². The maximum absolute atomic E-state index is 12.7. The third kappa shape index (κ3) is 3.73. The Labute approximate surface area is 168 Å². The molecule has 4 rings (SSSR count). The molecule has 2 aromatic carbocycles. The summed E-state index contributed by atoms with van der Waals surface area (Å²) in [4.78, 5) is 29.6. The van der Waals surface area contributed by atoms with Crippen LogP contribution in [0.25, 0.3) is 5.65 Å². The molecule has 0 unspecified atom stereocenters. The fraction of sp³-hybridized carbons (Fsp3) is 0.0870. The number of nitrogens with zero attached hydrogens (tertiary/aromatic N) is 2. The molecule has 0 aliphatic rings. The zero-order valence-electron chi connectivity index (χ0n) is 16.1. The highest BCUT2D eigenvalue weighted by atomic mass is 16.2. The highest BCUT2D eigenvalue weighted by molar-refractivity contribution is 6.06. The first-order chi connectivity index (χ1) is 14.0. The van der Waals surface area contributed by atoms with Crippen LogP contribution in [0.4, 0.5) is 11.4 Å². The molecule has 2 N–H and O–H groups in total. The number of benzene rings is 2. The summed E-state index contributed by atoms with van der Waals surface area (Å²) < 4.78 is 1.87. The molecule has 0 bridgehead atoms. The van der Waals surface area contributed by atoms with Gasteiger partial charge in [0.05, 0.1) is 0 Å². The molecule has 0 aliphatic heterocycles. The Morgan fingerprint density at radius 1 is 0.793 bits per heavy atom. The number of aryl methyl sites for hydroxylation is 1. The number of imidazole rings is 1. The molecule has 0 saturated carbocycles. The van der Waals surface area contributed by atoms with E-state index in [1.807, 2.05) is 54.6 Å². The Morgan fingerprint density at radius 2 is 1.45 bits per heavy atom. The summed E-state index contributed by atoms with van der Waals surface area (Å²) in [7, 11) is 0. The second-order valence-corrected chi connectivity index (χ2v) is 6.77. The highest BCUT2D eigenvalue weighted by Crippen LogP contribution is 2.24. The maximum Gasteiger partial charge on any atom is 0.275 e. The van der Waals surface area contributed by atoms with Crippen molar-refractivity contribution >= 4 is 28.8 Å². The van der Waals surface area contributed by atoms with Gasteiger partial charge in [-0.1, -0.05) is 30.3 Å². The van der Waals surface area contributed by atoms with Gasteiger partial charge in [0.1, 0.15) is 11.3 Å². The Hall–Kier alpha value is -3.93. The largest absolute Gasteiger partial charge is 0.322 e. The number of aromatic nitrogens is 2. The number of anilines is 2. The standard InChI is InChI=1S/C23H20N4O2/c1-15-8-6-13-21-24-20(14-27(15)21)23(29)26-19-12-7-11-18(16(19)2)25-22(28)17-9-4-3-5-10-17/h3-14H,1-2H3,(H,25,28)(H,26,29). The van der Waals surface area contributed by atoms with Gasteiger partial charge in [0.2, 0.25) is 0 Å². The highest BCUT2D eigenvalue weighted by Gasteiger charge is 2.15. The third-order valence-corrected chi connectivity index (χ3v) is 4.79. The zero-order valence-corrected chi connectivity index (χ0v) is 16.1. The molecule has 2 heterocycles. The van der Waals surface area contributed by atoms with Crippen LogP contribution < -0.4 is 10.6 Å². The van der Waals surface area contributed by atoms with Gasteiger partial charge >= 0.3 is 0 Å². The topological polar surface area (TPSA) is 75.5 Å². The molecule has 0 atom stereocenters. The van der Waals surface area contributed by atoms with Crippen LogP contribution in [0, 0.1) is 13.8 Å². The van der Waals surface area contributed by atoms with Crippen molar-refractivity contribution in [1.82, 2.24) is 9.38 Å². The van der Waals surface area contributed by atoms with Gasteiger partial charge < -0.3 is 15.0 Å². The fourth-order valence-electron chi connectivity index (χ4n) is 3.13. The van der Waals surface area contributed by atoms with Crippen LogP contribution in [0.5, 0.6) is 0 Å². The fourth-order valence-corrected chi connectivity index (χ4v) is 3.13. The zero-order chi connectivity index (χ0) is 20.4. The van der Waals surface area contributed by atoms with E-state index in [0.29, 0.717) is 22.6 Å². The van der Waals surface area contributed by atoms with E-state index >= 15 is 0 Å². The first-order valence-electron chi connectivity index (χ1n) is 9.25. The van der Waals surface area contributed by atoms with Gasteiger partial charge in [-0.3, -0.25) is 9.59 Å². The van der Waals surface area contributed by atoms with Crippen molar-refractivity contribution < 1.29 is 9.59 Å². The first kappa shape index (κ1) is 18.4.